The Bertz CT molecular complexity index is 853. The minimum atomic E-state index is 0.0299. The zero-order chi connectivity index (χ0) is 18.2. The Labute approximate surface area is 153 Å². The number of hydrogen-bond acceptors (Lipinski definition) is 3. The Morgan fingerprint density at radius 1 is 0.962 bits per heavy atom. The van der Waals surface area contributed by atoms with Crippen LogP contribution in [0.4, 0.5) is 0 Å². The molecule has 4 heteroatoms. The van der Waals surface area contributed by atoms with Crippen LogP contribution in [0.15, 0.2) is 66.7 Å². The van der Waals surface area contributed by atoms with Gasteiger partial charge in [-0.1, -0.05) is 48.5 Å². The van der Waals surface area contributed by atoms with Gasteiger partial charge in [0.2, 0.25) is 5.91 Å². The van der Waals surface area contributed by atoms with E-state index in [1.807, 2.05) is 54.6 Å². The average Bonchev–Trinajstić information content (AvgIpc) is 2.70. The summed E-state index contributed by atoms with van der Waals surface area (Å²) in [6.45, 7) is 0.937. The van der Waals surface area contributed by atoms with Crippen molar-refractivity contribution < 1.29 is 14.3 Å². The largest absolute Gasteiger partial charge is 0.497 e. The summed E-state index contributed by atoms with van der Waals surface area (Å²) >= 11 is 0. The molecular weight excluding hydrogens is 326 g/mol. The Morgan fingerprint density at radius 3 is 2.54 bits per heavy atom. The number of methoxy groups -OCH3 is 1. The van der Waals surface area contributed by atoms with Crippen molar-refractivity contribution in [2.75, 3.05) is 20.3 Å². The van der Waals surface area contributed by atoms with E-state index in [0.717, 1.165) is 27.8 Å². The molecule has 0 unspecified atom stereocenters. The molecule has 0 bridgehead atoms. The van der Waals surface area contributed by atoms with Gasteiger partial charge in [-0.3, -0.25) is 4.79 Å². The lowest BCUT2D eigenvalue weighted by molar-refractivity contribution is -0.121. The summed E-state index contributed by atoms with van der Waals surface area (Å²) in [7, 11) is 1.64. The molecule has 134 valence electrons. The van der Waals surface area contributed by atoms with Crippen LogP contribution in [-0.2, 0) is 11.2 Å². The number of fused-ring (bicyclic) bond motifs is 1. The first kappa shape index (κ1) is 17.8. The van der Waals surface area contributed by atoms with Gasteiger partial charge in [-0.2, -0.15) is 0 Å². The summed E-state index contributed by atoms with van der Waals surface area (Å²) in [6, 6.07) is 21.9. The summed E-state index contributed by atoms with van der Waals surface area (Å²) in [4.78, 5) is 12.0. The first-order chi connectivity index (χ1) is 12.8. The molecule has 1 N–H and O–H groups in total. The molecule has 3 aromatic carbocycles. The van der Waals surface area contributed by atoms with Crippen molar-refractivity contribution in [1.82, 2.24) is 5.32 Å². The van der Waals surface area contributed by atoms with Crippen molar-refractivity contribution in [3.63, 3.8) is 0 Å². The van der Waals surface area contributed by atoms with Crippen LogP contribution in [-0.4, -0.2) is 26.2 Å². The van der Waals surface area contributed by atoms with Crippen molar-refractivity contribution in [1.29, 1.82) is 0 Å². The zero-order valence-electron chi connectivity index (χ0n) is 14.9. The number of amides is 1. The van der Waals surface area contributed by atoms with Gasteiger partial charge in [0.1, 0.15) is 18.1 Å². The number of carbonyl (C=O) groups is 1. The third-order valence-corrected chi connectivity index (χ3v) is 4.23. The Morgan fingerprint density at radius 2 is 1.73 bits per heavy atom. The lowest BCUT2D eigenvalue weighted by Gasteiger charge is -2.10. The molecule has 0 saturated heterocycles. The summed E-state index contributed by atoms with van der Waals surface area (Å²) in [5, 5.41) is 5.14. The van der Waals surface area contributed by atoms with Gasteiger partial charge in [0, 0.05) is 11.8 Å². The molecule has 0 aromatic heterocycles. The second-order valence-electron chi connectivity index (χ2n) is 6.02. The van der Waals surface area contributed by atoms with Crippen LogP contribution in [0.2, 0.25) is 0 Å². The normalized spacial score (nSPS) is 10.5. The standard InChI is InChI=1S/C22H23NO3/c1-25-19-12-9-17(10-13-19)11-14-22(24)23-15-16-26-21-8-4-6-18-5-2-3-7-20(18)21/h2-10,12-13H,11,14-16H2,1H3,(H,23,24). The highest BCUT2D eigenvalue weighted by Gasteiger charge is 2.04. The molecule has 26 heavy (non-hydrogen) atoms. The van der Waals surface area contributed by atoms with Crippen LogP contribution in [0.3, 0.4) is 0 Å². The molecule has 0 saturated carbocycles. The second kappa shape index (κ2) is 8.90. The molecule has 0 aliphatic carbocycles. The van der Waals surface area contributed by atoms with E-state index in [-0.39, 0.29) is 5.91 Å². The fourth-order valence-corrected chi connectivity index (χ4v) is 2.81. The van der Waals surface area contributed by atoms with E-state index in [1.165, 1.54) is 0 Å². The van der Waals surface area contributed by atoms with Crippen molar-refractivity contribution in [2.45, 2.75) is 12.8 Å². The third kappa shape index (κ3) is 4.76. The maximum Gasteiger partial charge on any atom is 0.220 e. The molecule has 0 atom stereocenters. The average molecular weight is 349 g/mol. The molecule has 4 nitrogen and oxygen atoms in total. The van der Waals surface area contributed by atoms with Gasteiger partial charge in [-0.05, 0) is 35.6 Å². The lowest BCUT2D eigenvalue weighted by Crippen LogP contribution is -2.28. The number of ether oxygens (including phenoxy) is 2. The number of aryl methyl sites for hydroxylation is 1. The number of nitrogens with one attached hydrogen (secondary N) is 1. The second-order valence-corrected chi connectivity index (χ2v) is 6.02. The number of benzene rings is 3. The summed E-state index contributed by atoms with van der Waals surface area (Å²) in [5.74, 6) is 1.70. The number of hydrogen-bond donors (Lipinski definition) is 1. The summed E-state index contributed by atoms with van der Waals surface area (Å²) in [5.41, 5.74) is 1.12. The minimum absolute atomic E-state index is 0.0299. The Kier molecular flexibility index (Phi) is 6.09. The molecule has 3 aromatic rings. The van der Waals surface area contributed by atoms with E-state index in [2.05, 4.69) is 17.4 Å². The van der Waals surface area contributed by atoms with E-state index >= 15 is 0 Å². The molecule has 0 fully saturated rings. The van der Waals surface area contributed by atoms with Crippen LogP contribution in [0.1, 0.15) is 12.0 Å². The van der Waals surface area contributed by atoms with Crippen LogP contribution in [0, 0.1) is 0 Å². The zero-order valence-corrected chi connectivity index (χ0v) is 14.9. The number of carbonyl (C=O) groups excluding carboxylic acids is 1. The van der Waals surface area contributed by atoms with Crippen molar-refractivity contribution >= 4 is 16.7 Å². The van der Waals surface area contributed by atoms with Gasteiger partial charge >= 0.3 is 0 Å². The molecule has 3 rings (SSSR count). The highest BCUT2D eigenvalue weighted by atomic mass is 16.5. The Balaban J connectivity index is 1.40. The fourth-order valence-electron chi connectivity index (χ4n) is 2.81. The number of rotatable bonds is 8. The predicted octanol–water partition coefficient (Wildman–Crippen LogP) is 3.98. The van der Waals surface area contributed by atoms with E-state index in [4.69, 9.17) is 9.47 Å². The smallest absolute Gasteiger partial charge is 0.220 e. The first-order valence-corrected chi connectivity index (χ1v) is 8.76. The maximum absolute atomic E-state index is 12.0. The summed E-state index contributed by atoms with van der Waals surface area (Å²) < 4.78 is 11.0. The SMILES string of the molecule is COc1ccc(CCC(=O)NCCOc2cccc3ccccc23)cc1. The van der Waals surface area contributed by atoms with Crippen LogP contribution >= 0.6 is 0 Å². The molecule has 1 amide bonds. The molecular formula is C22H23NO3. The Hall–Kier alpha value is -3.01. The quantitative estimate of drug-likeness (QED) is 0.626. The van der Waals surface area contributed by atoms with Gasteiger partial charge in [0.05, 0.1) is 13.7 Å². The van der Waals surface area contributed by atoms with Gasteiger partial charge in [-0.25, -0.2) is 0 Å². The fraction of sp³-hybridized carbons (Fsp3) is 0.227. The molecule has 0 radical (unpaired) electrons. The van der Waals surface area contributed by atoms with Gasteiger partial charge in [0.25, 0.3) is 0 Å². The van der Waals surface area contributed by atoms with Gasteiger partial charge in [-0.15, -0.1) is 0 Å². The van der Waals surface area contributed by atoms with E-state index in [1.54, 1.807) is 7.11 Å². The van der Waals surface area contributed by atoms with E-state index < -0.39 is 0 Å². The molecule has 0 aliphatic heterocycles. The van der Waals surface area contributed by atoms with Crippen molar-refractivity contribution in [3.05, 3.63) is 72.3 Å². The van der Waals surface area contributed by atoms with Crippen LogP contribution in [0.5, 0.6) is 11.5 Å². The molecule has 0 heterocycles. The van der Waals surface area contributed by atoms with Crippen LogP contribution in [0.25, 0.3) is 10.8 Å². The van der Waals surface area contributed by atoms with Crippen molar-refractivity contribution in [2.24, 2.45) is 0 Å². The van der Waals surface area contributed by atoms with Gasteiger partial charge < -0.3 is 14.8 Å². The van der Waals surface area contributed by atoms with Crippen LogP contribution < -0.4 is 14.8 Å². The highest BCUT2D eigenvalue weighted by molar-refractivity contribution is 5.88. The predicted molar refractivity (Wildman–Crippen MR) is 104 cm³/mol. The summed E-state index contributed by atoms with van der Waals surface area (Å²) in [6.07, 6.45) is 1.17. The molecule has 0 spiro atoms. The van der Waals surface area contributed by atoms with Crippen molar-refractivity contribution in [3.8, 4) is 11.5 Å². The maximum atomic E-state index is 12.0. The minimum Gasteiger partial charge on any atom is -0.497 e. The first-order valence-electron chi connectivity index (χ1n) is 8.76. The van der Waals surface area contributed by atoms with E-state index in [0.29, 0.717) is 26.0 Å². The van der Waals surface area contributed by atoms with E-state index in [9.17, 15) is 4.79 Å². The third-order valence-electron chi connectivity index (χ3n) is 4.23. The monoisotopic (exact) mass is 349 g/mol. The van der Waals surface area contributed by atoms with Gasteiger partial charge in [0.15, 0.2) is 0 Å². The highest BCUT2D eigenvalue weighted by Crippen LogP contribution is 2.24. The lowest BCUT2D eigenvalue weighted by atomic mass is 10.1. The molecule has 0 aliphatic rings. The topological polar surface area (TPSA) is 47.6 Å².